The summed E-state index contributed by atoms with van der Waals surface area (Å²) < 4.78 is 0. The molecule has 0 N–H and O–H groups in total. The maximum Gasteiger partial charge on any atom is 0.0240 e. The van der Waals surface area contributed by atoms with Gasteiger partial charge in [-0.2, -0.15) is 0 Å². The van der Waals surface area contributed by atoms with Gasteiger partial charge in [-0.25, -0.2) is 0 Å². The van der Waals surface area contributed by atoms with Crippen LogP contribution in [0.2, 0.25) is 0 Å². The van der Waals surface area contributed by atoms with Crippen LogP contribution in [-0.4, -0.2) is 18.0 Å². The number of thiophene rings is 1. The summed E-state index contributed by atoms with van der Waals surface area (Å²) in [6.07, 6.45) is 1.13. The highest BCUT2D eigenvalue weighted by molar-refractivity contribution is 7.11. The Kier molecular flexibility index (Phi) is 4.04. The van der Waals surface area contributed by atoms with Gasteiger partial charge >= 0.3 is 0 Å². The fourth-order valence-corrected chi connectivity index (χ4v) is 3.79. The van der Waals surface area contributed by atoms with Crippen molar-refractivity contribution in [3.05, 3.63) is 68.9 Å². The van der Waals surface area contributed by atoms with E-state index in [1.165, 1.54) is 15.3 Å². The molecule has 0 saturated heterocycles. The quantitative estimate of drug-likeness (QED) is 0.750. The first-order valence-corrected chi connectivity index (χ1v) is 8.01. The van der Waals surface area contributed by atoms with E-state index >= 15 is 0 Å². The molecule has 0 bridgehead atoms. The van der Waals surface area contributed by atoms with Gasteiger partial charge in [-0.3, -0.25) is 4.90 Å². The van der Waals surface area contributed by atoms with Crippen LogP contribution in [0.25, 0.3) is 0 Å². The third-order valence-electron chi connectivity index (χ3n) is 3.91. The van der Waals surface area contributed by atoms with Crippen molar-refractivity contribution in [1.29, 1.82) is 0 Å². The van der Waals surface area contributed by atoms with E-state index in [-0.39, 0.29) is 0 Å². The highest BCUT2D eigenvalue weighted by atomic mass is 32.1. The Balaban J connectivity index is 1.62. The molecule has 104 valence electrons. The summed E-state index contributed by atoms with van der Waals surface area (Å²) in [4.78, 5) is 5.45. The summed E-state index contributed by atoms with van der Waals surface area (Å²) in [6, 6.07) is 15.3. The van der Waals surface area contributed by atoms with E-state index in [9.17, 15) is 0 Å². The van der Waals surface area contributed by atoms with E-state index in [1.807, 2.05) is 11.3 Å². The lowest BCUT2D eigenvalue weighted by Gasteiger charge is -2.16. The van der Waals surface area contributed by atoms with Gasteiger partial charge in [-0.1, -0.05) is 41.5 Å². The minimum absolute atomic E-state index is 1.06. The number of hydrogen-bond acceptors (Lipinski definition) is 2. The van der Waals surface area contributed by atoms with E-state index < -0.39 is 0 Å². The van der Waals surface area contributed by atoms with E-state index in [1.54, 1.807) is 11.1 Å². The van der Waals surface area contributed by atoms with Crippen molar-refractivity contribution in [3.63, 3.8) is 0 Å². The molecule has 0 aliphatic carbocycles. The van der Waals surface area contributed by atoms with Gasteiger partial charge in [0.15, 0.2) is 0 Å². The molecule has 2 aromatic rings. The second kappa shape index (κ2) is 5.94. The maximum absolute atomic E-state index is 2.54. The zero-order chi connectivity index (χ0) is 13.9. The van der Waals surface area contributed by atoms with Crippen LogP contribution >= 0.6 is 11.3 Å². The van der Waals surface area contributed by atoms with E-state index in [4.69, 9.17) is 0 Å². The smallest absolute Gasteiger partial charge is 0.0240 e. The Morgan fingerprint density at radius 3 is 2.50 bits per heavy atom. The molecule has 1 aromatic heterocycles. The second-order valence-electron chi connectivity index (χ2n) is 5.70. The van der Waals surface area contributed by atoms with Crippen LogP contribution in [-0.2, 0) is 13.0 Å². The van der Waals surface area contributed by atoms with Gasteiger partial charge in [0.2, 0.25) is 0 Å². The zero-order valence-electron chi connectivity index (χ0n) is 12.2. The van der Waals surface area contributed by atoms with Crippen LogP contribution in [0.1, 0.15) is 22.2 Å². The maximum atomic E-state index is 2.54. The van der Waals surface area contributed by atoms with E-state index in [0.29, 0.717) is 0 Å². The summed E-state index contributed by atoms with van der Waals surface area (Å²) in [5.74, 6) is 0. The lowest BCUT2D eigenvalue weighted by atomic mass is 10.1. The van der Waals surface area contributed by atoms with Gasteiger partial charge in [0.05, 0.1) is 0 Å². The van der Waals surface area contributed by atoms with Crippen LogP contribution in [0.4, 0.5) is 0 Å². The Bertz CT molecular complexity index is 609. The molecule has 2 heterocycles. The predicted octanol–water partition coefficient (Wildman–Crippen LogP) is 4.43. The highest BCUT2D eigenvalue weighted by Gasteiger charge is 2.19. The molecule has 1 nitrogen and oxygen atoms in total. The van der Waals surface area contributed by atoms with E-state index in [2.05, 4.69) is 61.2 Å². The molecule has 1 aliphatic heterocycles. The number of nitrogens with zero attached hydrogens (tertiary/aromatic N) is 1. The molecule has 0 amide bonds. The average molecular weight is 283 g/mol. The van der Waals surface area contributed by atoms with Gasteiger partial charge in [-0.15, -0.1) is 11.3 Å². The molecule has 1 aliphatic rings. The van der Waals surface area contributed by atoms with Gasteiger partial charge in [0.1, 0.15) is 0 Å². The predicted molar refractivity (Wildman–Crippen MR) is 87.2 cm³/mol. The summed E-state index contributed by atoms with van der Waals surface area (Å²) in [5.41, 5.74) is 4.59. The number of aryl methyl sites for hydroxylation is 1. The zero-order valence-corrected chi connectivity index (χ0v) is 13.0. The normalized spacial score (nSPS) is 16.1. The lowest BCUT2D eigenvalue weighted by molar-refractivity contribution is 0.336. The van der Waals surface area contributed by atoms with Crippen LogP contribution in [0, 0.1) is 6.92 Å². The van der Waals surface area contributed by atoms with Gasteiger partial charge in [0.25, 0.3) is 0 Å². The molecule has 0 radical (unpaired) electrons. The van der Waals surface area contributed by atoms with Crippen molar-refractivity contribution in [2.75, 3.05) is 13.1 Å². The largest absolute Gasteiger partial charge is 0.291 e. The first kappa shape index (κ1) is 13.6. The van der Waals surface area contributed by atoms with Gasteiger partial charge in [-0.05, 0) is 31.5 Å². The molecule has 3 rings (SSSR count). The molecule has 0 spiro atoms. The monoisotopic (exact) mass is 283 g/mol. The van der Waals surface area contributed by atoms with Crippen molar-refractivity contribution < 1.29 is 0 Å². The molecule has 20 heavy (non-hydrogen) atoms. The fourth-order valence-electron chi connectivity index (χ4n) is 2.86. The summed E-state index contributed by atoms with van der Waals surface area (Å²) >= 11 is 1.93. The molecule has 1 aromatic carbocycles. The second-order valence-corrected chi connectivity index (χ2v) is 7.08. The Labute approximate surface area is 125 Å². The fraction of sp³-hybridized carbons (Fsp3) is 0.333. The Morgan fingerprint density at radius 2 is 1.80 bits per heavy atom. The SMILES string of the molecule is CC1=C(Cc2ccc(C)s2)CN(Cc2ccccc2)C1. The Hall–Kier alpha value is -1.38. The topological polar surface area (TPSA) is 3.24 Å². The molecule has 2 heteroatoms. The Morgan fingerprint density at radius 1 is 1.00 bits per heavy atom. The van der Waals surface area contributed by atoms with Gasteiger partial charge in [0, 0.05) is 35.8 Å². The highest BCUT2D eigenvalue weighted by Crippen LogP contribution is 2.25. The van der Waals surface area contributed by atoms with Gasteiger partial charge < -0.3 is 0 Å². The molecule has 0 unspecified atom stereocenters. The average Bonchev–Trinajstić information content (AvgIpc) is 2.98. The summed E-state index contributed by atoms with van der Waals surface area (Å²) in [6.45, 7) is 7.78. The molecular formula is C18H21NS. The summed E-state index contributed by atoms with van der Waals surface area (Å²) in [7, 11) is 0. The first-order valence-electron chi connectivity index (χ1n) is 7.20. The lowest BCUT2D eigenvalue weighted by Crippen LogP contribution is -2.20. The molecule has 0 fully saturated rings. The van der Waals surface area contributed by atoms with Crippen LogP contribution < -0.4 is 0 Å². The number of hydrogen-bond donors (Lipinski definition) is 0. The van der Waals surface area contributed by atoms with Crippen molar-refractivity contribution >= 4 is 11.3 Å². The van der Waals surface area contributed by atoms with Crippen LogP contribution in [0.3, 0.4) is 0 Å². The standard InChI is InChI=1S/C18H21NS/c1-14-11-19(12-16-6-4-3-5-7-16)13-17(14)10-18-9-8-15(2)20-18/h3-9H,10-13H2,1-2H3. The van der Waals surface area contributed by atoms with Crippen molar-refractivity contribution in [2.45, 2.75) is 26.8 Å². The van der Waals surface area contributed by atoms with Crippen LogP contribution in [0.15, 0.2) is 53.6 Å². The summed E-state index contributed by atoms with van der Waals surface area (Å²) in [5, 5.41) is 0. The third-order valence-corrected chi connectivity index (χ3v) is 4.91. The number of rotatable bonds is 4. The van der Waals surface area contributed by atoms with Crippen molar-refractivity contribution in [3.8, 4) is 0 Å². The minimum atomic E-state index is 1.06. The molecule has 0 atom stereocenters. The molecule has 0 saturated carbocycles. The van der Waals surface area contributed by atoms with Crippen molar-refractivity contribution in [1.82, 2.24) is 4.90 Å². The van der Waals surface area contributed by atoms with Crippen molar-refractivity contribution in [2.24, 2.45) is 0 Å². The van der Waals surface area contributed by atoms with E-state index in [0.717, 1.165) is 26.1 Å². The van der Waals surface area contributed by atoms with Crippen LogP contribution in [0.5, 0.6) is 0 Å². The third kappa shape index (κ3) is 3.20. The number of benzene rings is 1. The molecular weight excluding hydrogens is 262 g/mol. The first-order chi connectivity index (χ1) is 9.70. The minimum Gasteiger partial charge on any atom is -0.291 e.